The van der Waals surface area contributed by atoms with E-state index in [2.05, 4.69) is 0 Å². The van der Waals surface area contributed by atoms with Gasteiger partial charge in [0.15, 0.2) is 11.6 Å². The van der Waals surface area contributed by atoms with Gasteiger partial charge in [0, 0.05) is 38.3 Å². The fourth-order valence-corrected chi connectivity index (χ4v) is 7.91. The van der Waals surface area contributed by atoms with Crippen molar-refractivity contribution < 1.29 is 41.4 Å². The minimum Gasteiger partial charge on any atom is -0.657 e. The van der Waals surface area contributed by atoms with Gasteiger partial charge in [-0.1, -0.05) is 19.8 Å². The molecule has 0 amide bonds. The lowest BCUT2D eigenvalue weighted by atomic mass is 9.96. The Kier molecular flexibility index (Phi) is 9.86. The molecule has 17 heteroatoms. The molecule has 8 rings (SSSR count). The molecule has 1 N–H and O–H groups in total. The van der Waals surface area contributed by atoms with E-state index in [9.17, 15) is 47.1 Å². The number of aromatic nitrogens is 2. The maximum atomic E-state index is 15.4. The van der Waals surface area contributed by atoms with E-state index in [1.165, 1.54) is 10.6 Å². The minimum atomic E-state index is -1.47. The summed E-state index contributed by atoms with van der Waals surface area (Å²) in [6.07, 6.45) is 2.77. The van der Waals surface area contributed by atoms with Gasteiger partial charge >= 0.3 is 11.9 Å². The van der Waals surface area contributed by atoms with Crippen LogP contribution in [0.1, 0.15) is 89.9 Å². The van der Waals surface area contributed by atoms with Crippen LogP contribution in [0.3, 0.4) is 0 Å². The third-order valence-corrected chi connectivity index (χ3v) is 11.0. The summed E-state index contributed by atoms with van der Waals surface area (Å²) in [5.74, 6) is -5.71. The van der Waals surface area contributed by atoms with Crippen molar-refractivity contribution in [2.45, 2.75) is 75.9 Å². The van der Waals surface area contributed by atoms with Crippen LogP contribution in [0.2, 0.25) is 0 Å². The molecule has 3 heterocycles. The van der Waals surface area contributed by atoms with Crippen molar-refractivity contribution in [3.05, 3.63) is 90.0 Å². The average Bonchev–Trinajstić information content (AvgIpc) is 4.13. The average molecular weight is 778 g/mol. The normalized spacial score (nSPS) is 22.9. The monoisotopic (exact) mass is 777 g/mol. The summed E-state index contributed by atoms with van der Waals surface area (Å²) in [6.45, 7) is 5.38. The number of esters is 1. The molecule has 1 aliphatic heterocycles. The minimum absolute atomic E-state index is 0.00665. The number of halogens is 5. The zero-order valence-electron chi connectivity index (χ0n) is 30.1. The number of alkyl halides is 2. The zero-order chi connectivity index (χ0) is 40.4. The van der Waals surface area contributed by atoms with Crippen LogP contribution in [0.4, 0.5) is 27.6 Å². The topological polar surface area (TPSA) is 173 Å². The number of hydrogen-bond donors (Lipinski definition) is 1. The fourth-order valence-electron chi connectivity index (χ4n) is 7.91. The molecule has 56 heavy (non-hydrogen) atoms. The van der Waals surface area contributed by atoms with Gasteiger partial charge in [0.1, 0.15) is 52.6 Å². The molecular weight excluding hydrogens is 743 g/mol. The predicted octanol–water partition coefficient (Wildman–Crippen LogP) is 6.36. The molecule has 0 unspecified atom stereocenters. The number of benzene rings is 2. The Morgan fingerprint density at radius 3 is 1.95 bits per heavy atom. The Morgan fingerprint density at radius 1 is 0.911 bits per heavy atom. The zero-order valence-corrected chi connectivity index (χ0v) is 30.1. The maximum Gasteiger partial charge on any atom is 0.343 e. The SMILES string of the molecule is CCOC(=O)c1cn([C@@H]2C[C@@H]2F)c2c(C#N)c(F)c(F)cc2c1=O.CC[N-]C1([C@@H]2CCN(c3c(F)cc4c(=O)c(C(=O)O)cn([C@@H]5C[C@@H]5F)c4c3C#N)C2)CC1. The Hall–Kier alpha value is -5.81. The number of hydrogen-bond acceptors (Lipinski definition) is 8. The van der Waals surface area contributed by atoms with E-state index in [-0.39, 0.29) is 64.0 Å². The van der Waals surface area contributed by atoms with E-state index in [0.29, 0.717) is 19.2 Å². The molecule has 0 radical (unpaired) electrons. The summed E-state index contributed by atoms with van der Waals surface area (Å²) in [4.78, 5) is 50.5. The van der Waals surface area contributed by atoms with E-state index in [4.69, 9.17) is 15.3 Å². The van der Waals surface area contributed by atoms with Gasteiger partial charge in [-0.25, -0.2) is 31.5 Å². The van der Waals surface area contributed by atoms with Crippen LogP contribution in [-0.4, -0.2) is 70.3 Å². The molecule has 292 valence electrons. The van der Waals surface area contributed by atoms with E-state index < -0.39 is 81.4 Å². The Morgan fingerprint density at radius 2 is 1.45 bits per heavy atom. The molecule has 3 aliphatic carbocycles. The first-order chi connectivity index (χ1) is 26.7. The Balaban J connectivity index is 0.000000179. The van der Waals surface area contributed by atoms with Crippen LogP contribution in [-0.2, 0) is 4.74 Å². The van der Waals surface area contributed by atoms with Gasteiger partial charge in [0.2, 0.25) is 10.9 Å². The fraction of sp³-hybridized carbons (Fsp3) is 0.436. The number of nitrogens with zero attached hydrogens (tertiary/aromatic N) is 6. The van der Waals surface area contributed by atoms with E-state index in [1.54, 1.807) is 6.92 Å². The number of carbonyl (C=O) groups is 2. The number of carboxylic acid groups (broad SMARTS) is 1. The van der Waals surface area contributed by atoms with Crippen molar-refractivity contribution in [3.8, 4) is 12.1 Å². The number of pyridine rings is 2. The predicted molar refractivity (Wildman–Crippen MR) is 192 cm³/mol. The van der Waals surface area contributed by atoms with Gasteiger partial charge in [-0.3, -0.25) is 9.59 Å². The first kappa shape index (κ1) is 38.5. The summed E-state index contributed by atoms with van der Waals surface area (Å²) >= 11 is 0. The highest BCUT2D eigenvalue weighted by Crippen LogP contribution is 2.53. The molecule has 1 saturated heterocycles. The van der Waals surface area contributed by atoms with Crippen molar-refractivity contribution in [1.82, 2.24) is 9.13 Å². The maximum absolute atomic E-state index is 15.4. The molecule has 4 aliphatic rings. The standard InChI is InChI=1S/C23H23F2N4O3.C16H11F3N2O3/c1-2-27-23(4-5-23)12-3-6-28(10-12)20-14(9-26)19-13(7-17(20)25)21(30)15(22(31)32)11-29(19)18-8-16(18)24;1-2-24-16(23)9-6-21(12-4-10(12)17)14-7(15(9)22)3-11(18)13(19)8(14)5-20/h7,11-12,16,18H,2-6,8,10H2,1H3,(H,31,32);3,6,10,12H,2,4H2,1H3/q-1;/t12-,16+,18-;10-,12+/m10/s1. The van der Waals surface area contributed by atoms with Crippen LogP contribution in [0.25, 0.3) is 27.1 Å². The van der Waals surface area contributed by atoms with Crippen molar-refractivity contribution in [2.24, 2.45) is 5.92 Å². The Bertz CT molecular complexity index is 2540. The highest BCUT2D eigenvalue weighted by Gasteiger charge is 2.45. The number of carbonyl (C=O) groups excluding carboxylic acids is 1. The number of ether oxygens (including phenoxy) is 1. The van der Waals surface area contributed by atoms with Gasteiger partial charge in [-0.15, -0.1) is 5.54 Å². The van der Waals surface area contributed by atoms with E-state index in [0.717, 1.165) is 48.8 Å². The lowest BCUT2D eigenvalue weighted by Crippen LogP contribution is -2.28. The van der Waals surface area contributed by atoms with Crippen LogP contribution >= 0.6 is 0 Å². The molecule has 4 aromatic rings. The summed E-state index contributed by atoms with van der Waals surface area (Å²) in [7, 11) is 0. The second-order valence-corrected chi connectivity index (χ2v) is 14.4. The van der Waals surface area contributed by atoms with Gasteiger partial charge in [0.05, 0.1) is 46.2 Å². The number of anilines is 1. The highest BCUT2D eigenvalue weighted by atomic mass is 19.2. The molecule has 5 atom stereocenters. The van der Waals surface area contributed by atoms with Gasteiger partial charge in [0.25, 0.3) is 0 Å². The van der Waals surface area contributed by atoms with Gasteiger partial charge in [-0.05, 0) is 31.4 Å². The summed E-state index contributed by atoms with van der Waals surface area (Å²) in [6, 6.07) is 3.72. The van der Waals surface area contributed by atoms with Crippen molar-refractivity contribution in [2.75, 3.05) is 31.1 Å². The van der Waals surface area contributed by atoms with Crippen LogP contribution in [0.5, 0.6) is 0 Å². The smallest absolute Gasteiger partial charge is 0.343 e. The highest BCUT2D eigenvalue weighted by molar-refractivity contribution is 5.97. The van der Waals surface area contributed by atoms with Crippen LogP contribution < -0.4 is 15.8 Å². The third-order valence-electron chi connectivity index (χ3n) is 11.0. The first-order valence-electron chi connectivity index (χ1n) is 18.1. The molecule has 4 fully saturated rings. The molecule has 12 nitrogen and oxygen atoms in total. The number of aromatic carboxylic acids is 1. The molecule has 0 spiro atoms. The summed E-state index contributed by atoms with van der Waals surface area (Å²) in [5.41, 5.74) is -3.58. The van der Waals surface area contributed by atoms with Gasteiger partial charge < -0.3 is 29.2 Å². The van der Waals surface area contributed by atoms with Crippen LogP contribution in [0.15, 0.2) is 34.1 Å². The molecule has 3 saturated carbocycles. The number of rotatable bonds is 9. The van der Waals surface area contributed by atoms with Crippen molar-refractivity contribution >= 4 is 39.4 Å². The first-order valence-corrected chi connectivity index (χ1v) is 18.1. The summed E-state index contributed by atoms with van der Waals surface area (Å²) in [5, 5.41) is 32.7. The quantitative estimate of drug-likeness (QED) is 0.150. The second-order valence-electron chi connectivity index (χ2n) is 14.4. The van der Waals surface area contributed by atoms with Crippen molar-refractivity contribution in [3.63, 3.8) is 0 Å². The molecule has 2 aromatic carbocycles. The Labute approximate surface area is 315 Å². The van der Waals surface area contributed by atoms with Crippen LogP contribution in [0, 0.1) is 46.0 Å². The van der Waals surface area contributed by atoms with Crippen molar-refractivity contribution in [1.29, 1.82) is 10.5 Å². The number of fused-ring (bicyclic) bond motifs is 2. The van der Waals surface area contributed by atoms with Gasteiger partial charge in [-0.2, -0.15) is 17.1 Å². The second kappa shape index (κ2) is 14.4. The molecular formula is C39H34F5N6O6-. The summed E-state index contributed by atoms with van der Waals surface area (Å²) < 4.78 is 77.7. The van der Waals surface area contributed by atoms with E-state index >= 15 is 4.39 Å². The third kappa shape index (κ3) is 6.43. The number of carboxylic acids is 1. The molecule has 0 bridgehead atoms. The number of nitriles is 2. The van der Waals surface area contributed by atoms with E-state index in [1.807, 2.05) is 17.9 Å². The molecule has 2 aromatic heterocycles. The lowest BCUT2D eigenvalue weighted by molar-refractivity contribution is 0.0523. The largest absolute Gasteiger partial charge is 0.657 e. The lowest BCUT2D eigenvalue weighted by Gasteiger charge is -2.37.